The number of nitrogens with zero attached hydrogens (tertiary/aromatic N) is 3. The number of nitro groups is 1. The average molecular weight is 356 g/mol. The van der Waals surface area contributed by atoms with Crippen molar-refractivity contribution < 1.29 is 18.9 Å². The Morgan fingerprint density at radius 3 is 2.69 bits per heavy atom. The SMILES string of the molecule is COc1ccc(C(=O)Nc2ccc3nc(N(C)C)oc3c2)cc1[N+](=O)[O-]. The first kappa shape index (κ1) is 17.2. The van der Waals surface area contributed by atoms with E-state index in [-0.39, 0.29) is 17.0 Å². The molecule has 0 bridgehead atoms. The Morgan fingerprint density at radius 2 is 2.04 bits per heavy atom. The van der Waals surface area contributed by atoms with Crippen molar-refractivity contribution in [3.8, 4) is 5.75 Å². The van der Waals surface area contributed by atoms with E-state index < -0.39 is 10.8 Å². The molecule has 3 rings (SSSR count). The lowest BCUT2D eigenvalue weighted by molar-refractivity contribution is -0.385. The number of methoxy groups -OCH3 is 1. The first-order valence-corrected chi connectivity index (χ1v) is 7.60. The topological polar surface area (TPSA) is 111 Å². The molecular formula is C17H16N4O5. The van der Waals surface area contributed by atoms with Gasteiger partial charge < -0.3 is 19.4 Å². The van der Waals surface area contributed by atoms with Gasteiger partial charge in [0, 0.05) is 37.5 Å². The molecule has 26 heavy (non-hydrogen) atoms. The van der Waals surface area contributed by atoms with Gasteiger partial charge in [-0.2, -0.15) is 4.98 Å². The predicted molar refractivity (Wildman–Crippen MR) is 95.9 cm³/mol. The Labute approximate surface area is 148 Å². The number of carbonyl (C=O) groups is 1. The molecule has 0 saturated heterocycles. The molecular weight excluding hydrogens is 340 g/mol. The van der Waals surface area contributed by atoms with E-state index in [4.69, 9.17) is 9.15 Å². The van der Waals surface area contributed by atoms with E-state index in [1.165, 1.54) is 25.3 Å². The summed E-state index contributed by atoms with van der Waals surface area (Å²) in [6.07, 6.45) is 0. The van der Waals surface area contributed by atoms with E-state index in [1.807, 2.05) is 14.1 Å². The third-order valence-corrected chi connectivity index (χ3v) is 3.66. The zero-order valence-electron chi connectivity index (χ0n) is 14.3. The summed E-state index contributed by atoms with van der Waals surface area (Å²) in [6.45, 7) is 0. The average Bonchev–Trinajstić information content (AvgIpc) is 3.04. The first-order valence-electron chi connectivity index (χ1n) is 7.60. The number of hydrogen-bond donors (Lipinski definition) is 1. The maximum absolute atomic E-state index is 12.4. The summed E-state index contributed by atoms with van der Waals surface area (Å²) >= 11 is 0. The summed E-state index contributed by atoms with van der Waals surface area (Å²) in [5, 5.41) is 13.8. The Balaban J connectivity index is 1.86. The van der Waals surface area contributed by atoms with E-state index in [9.17, 15) is 14.9 Å². The van der Waals surface area contributed by atoms with E-state index >= 15 is 0 Å². The van der Waals surface area contributed by atoms with Crippen LogP contribution in [0.3, 0.4) is 0 Å². The lowest BCUT2D eigenvalue weighted by Crippen LogP contribution is -2.12. The molecule has 2 aromatic carbocycles. The lowest BCUT2D eigenvalue weighted by atomic mass is 10.1. The van der Waals surface area contributed by atoms with Gasteiger partial charge in [0.05, 0.1) is 12.0 Å². The van der Waals surface area contributed by atoms with Crippen LogP contribution in [-0.4, -0.2) is 37.0 Å². The number of fused-ring (bicyclic) bond motifs is 1. The number of carbonyl (C=O) groups excluding carboxylic acids is 1. The molecule has 1 heterocycles. The van der Waals surface area contributed by atoms with Crippen molar-refractivity contribution in [2.24, 2.45) is 0 Å². The van der Waals surface area contributed by atoms with Crippen molar-refractivity contribution in [1.29, 1.82) is 0 Å². The van der Waals surface area contributed by atoms with Gasteiger partial charge in [0.2, 0.25) is 0 Å². The number of oxazole rings is 1. The van der Waals surface area contributed by atoms with Crippen LogP contribution in [0, 0.1) is 10.1 Å². The van der Waals surface area contributed by atoms with Crippen molar-refractivity contribution in [1.82, 2.24) is 4.98 Å². The Morgan fingerprint density at radius 1 is 1.27 bits per heavy atom. The van der Waals surface area contributed by atoms with Crippen LogP contribution in [0.2, 0.25) is 0 Å². The Kier molecular flexibility index (Phi) is 4.44. The van der Waals surface area contributed by atoms with Gasteiger partial charge in [-0.05, 0) is 24.3 Å². The van der Waals surface area contributed by atoms with Crippen molar-refractivity contribution in [3.63, 3.8) is 0 Å². The molecule has 9 heteroatoms. The molecule has 0 unspecified atom stereocenters. The molecule has 0 saturated carbocycles. The number of ether oxygens (including phenoxy) is 1. The van der Waals surface area contributed by atoms with Crippen LogP contribution in [0.15, 0.2) is 40.8 Å². The summed E-state index contributed by atoms with van der Waals surface area (Å²) in [6, 6.07) is 9.51. The monoisotopic (exact) mass is 356 g/mol. The van der Waals surface area contributed by atoms with Gasteiger partial charge in [0.1, 0.15) is 5.52 Å². The molecule has 0 spiro atoms. The van der Waals surface area contributed by atoms with Crippen molar-refractivity contribution in [2.45, 2.75) is 0 Å². The maximum Gasteiger partial charge on any atom is 0.311 e. The van der Waals surface area contributed by atoms with Gasteiger partial charge in [0.15, 0.2) is 11.3 Å². The second-order valence-corrected chi connectivity index (χ2v) is 5.67. The smallest absolute Gasteiger partial charge is 0.311 e. The standard InChI is InChI=1S/C17H16N4O5/c1-20(2)17-19-12-6-5-11(9-15(12)26-17)18-16(22)10-4-7-14(25-3)13(8-10)21(23)24/h4-9H,1-3H3,(H,18,22). The molecule has 134 valence electrons. The summed E-state index contributed by atoms with van der Waals surface area (Å²) < 4.78 is 10.5. The van der Waals surface area contributed by atoms with Crippen LogP contribution in [0.1, 0.15) is 10.4 Å². The van der Waals surface area contributed by atoms with Crippen LogP contribution in [-0.2, 0) is 0 Å². The quantitative estimate of drug-likeness (QED) is 0.552. The van der Waals surface area contributed by atoms with Gasteiger partial charge in [-0.25, -0.2) is 0 Å². The normalized spacial score (nSPS) is 10.6. The highest BCUT2D eigenvalue weighted by Gasteiger charge is 2.18. The fourth-order valence-corrected chi connectivity index (χ4v) is 2.36. The van der Waals surface area contributed by atoms with Crippen molar-refractivity contribution >= 4 is 34.4 Å². The maximum atomic E-state index is 12.4. The number of hydrogen-bond acceptors (Lipinski definition) is 7. The number of benzene rings is 2. The molecule has 0 fully saturated rings. The van der Waals surface area contributed by atoms with E-state index in [2.05, 4.69) is 10.3 Å². The minimum absolute atomic E-state index is 0.0887. The minimum atomic E-state index is -0.598. The van der Waals surface area contributed by atoms with Gasteiger partial charge >= 0.3 is 5.69 Å². The highest BCUT2D eigenvalue weighted by atomic mass is 16.6. The molecule has 0 aliphatic rings. The number of nitrogens with one attached hydrogen (secondary N) is 1. The zero-order chi connectivity index (χ0) is 18.8. The fourth-order valence-electron chi connectivity index (χ4n) is 2.36. The first-order chi connectivity index (χ1) is 12.4. The van der Waals surface area contributed by atoms with Crippen LogP contribution < -0.4 is 15.0 Å². The molecule has 0 atom stereocenters. The number of anilines is 2. The van der Waals surface area contributed by atoms with Crippen LogP contribution >= 0.6 is 0 Å². The molecule has 1 aromatic heterocycles. The molecule has 3 aromatic rings. The number of aromatic nitrogens is 1. The summed E-state index contributed by atoms with van der Waals surface area (Å²) in [4.78, 5) is 28.9. The minimum Gasteiger partial charge on any atom is -0.490 e. The van der Waals surface area contributed by atoms with Gasteiger partial charge in [-0.3, -0.25) is 14.9 Å². The van der Waals surface area contributed by atoms with Crippen LogP contribution in [0.5, 0.6) is 5.75 Å². The zero-order valence-corrected chi connectivity index (χ0v) is 14.3. The lowest BCUT2D eigenvalue weighted by Gasteiger charge is -2.07. The number of amides is 1. The third kappa shape index (κ3) is 3.27. The highest BCUT2D eigenvalue weighted by molar-refractivity contribution is 6.05. The molecule has 0 radical (unpaired) electrons. The molecule has 1 N–H and O–H groups in total. The molecule has 0 aliphatic carbocycles. The second kappa shape index (κ2) is 6.71. The summed E-state index contributed by atoms with van der Waals surface area (Å²) in [5.41, 5.74) is 1.53. The van der Waals surface area contributed by atoms with Gasteiger partial charge in [-0.15, -0.1) is 0 Å². The van der Waals surface area contributed by atoms with E-state index in [0.717, 1.165) is 0 Å². The third-order valence-electron chi connectivity index (χ3n) is 3.66. The highest BCUT2D eigenvalue weighted by Crippen LogP contribution is 2.28. The van der Waals surface area contributed by atoms with E-state index in [1.54, 1.807) is 23.1 Å². The fraction of sp³-hybridized carbons (Fsp3) is 0.176. The molecule has 1 amide bonds. The summed E-state index contributed by atoms with van der Waals surface area (Å²) in [7, 11) is 4.95. The Hall–Kier alpha value is -3.62. The number of nitro benzene ring substituents is 1. The van der Waals surface area contributed by atoms with Crippen molar-refractivity contribution in [3.05, 3.63) is 52.1 Å². The molecule has 0 aliphatic heterocycles. The van der Waals surface area contributed by atoms with E-state index in [0.29, 0.717) is 22.8 Å². The van der Waals surface area contributed by atoms with Crippen LogP contribution in [0.4, 0.5) is 17.4 Å². The Bertz CT molecular complexity index is 996. The second-order valence-electron chi connectivity index (χ2n) is 5.67. The molecule has 9 nitrogen and oxygen atoms in total. The van der Waals surface area contributed by atoms with Gasteiger partial charge in [0.25, 0.3) is 11.9 Å². The van der Waals surface area contributed by atoms with Gasteiger partial charge in [-0.1, -0.05) is 0 Å². The summed E-state index contributed by atoms with van der Waals surface area (Å²) in [5.74, 6) is -0.395. The van der Waals surface area contributed by atoms with Crippen LogP contribution in [0.25, 0.3) is 11.1 Å². The number of rotatable bonds is 5. The predicted octanol–water partition coefficient (Wildman–Crippen LogP) is 3.06. The largest absolute Gasteiger partial charge is 0.490 e. The van der Waals surface area contributed by atoms with Crippen molar-refractivity contribution in [2.75, 3.05) is 31.4 Å².